The van der Waals surface area contributed by atoms with E-state index in [1.54, 1.807) is 0 Å². The van der Waals surface area contributed by atoms with Crippen molar-refractivity contribution in [3.05, 3.63) is 0 Å². The summed E-state index contributed by atoms with van der Waals surface area (Å²) in [6, 6.07) is 0.644. The molecule has 1 saturated heterocycles. The van der Waals surface area contributed by atoms with Crippen molar-refractivity contribution >= 4 is 0 Å². The van der Waals surface area contributed by atoms with Gasteiger partial charge in [0.2, 0.25) is 0 Å². The summed E-state index contributed by atoms with van der Waals surface area (Å²) in [6.45, 7) is 9.76. The minimum absolute atomic E-state index is 0.644. The lowest BCUT2D eigenvalue weighted by molar-refractivity contribution is 0.0319. The molecule has 1 rings (SSSR count). The van der Waals surface area contributed by atoms with E-state index in [2.05, 4.69) is 26.1 Å². The second-order valence-electron chi connectivity index (χ2n) is 4.30. The Morgan fingerprint density at radius 1 is 1.46 bits per heavy atom. The summed E-state index contributed by atoms with van der Waals surface area (Å²) >= 11 is 0. The van der Waals surface area contributed by atoms with Gasteiger partial charge in [0.15, 0.2) is 0 Å². The molecule has 0 saturated carbocycles. The van der Waals surface area contributed by atoms with Gasteiger partial charge in [-0.15, -0.1) is 0 Å². The fraction of sp³-hybridized carbons (Fsp3) is 1.00. The summed E-state index contributed by atoms with van der Waals surface area (Å²) in [6.07, 6.45) is 2.56. The van der Waals surface area contributed by atoms with E-state index in [1.165, 1.54) is 12.8 Å². The molecule has 2 nitrogen and oxygen atoms in total. The van der Waals surface area contributed by atoms with Crippen LogP contribution < -0.4 is 5.32 Å². The molecule has 0 aromatic rings. The number of ether oxygens (including phenoxy) is 1. The molecule has 1 aliphatic rings. The lowest BCUT2D eigenvalue weighted by Gasteiger charge is -2.33. The smallest absolute Gasteiger partial charge is 0.0509 e. The van der Waals surface area contributed by atoms with Crippen LogP contribution >= 0.6 is 0 Å². The zero-order valence-electron chi connectivity index (χ0n) is 9.18. The summed E-state index contributed by atoms with van der Waals surface area (Å²) < 4.78 is 5.52. The fourth-order valence-electron chi connectivity index (χ4n) is 2.23. The Labute approximate surface area is 82.0 Å². The van der Waals surface area contributed by atoms with Gasteiger partial charge in [-0.25, -0.2) is 0 Å². The van der Waals surface area contributed by atoms with Crippen molar-refractivity contribution in [1.29, 1.82) is 0 Å². The molecule has 1 fully saturated rings. The van der Waals surface area contributed by atoms with Crippen LogP contribution in [-0.2, 0) is 4.74 Å². The number of nitrogens with one attached hydrogen (secondary N) is 1. The average Bonchev–Trinajstić information content (AvgIpc) is 2.15. The first-order valence-electron chi connectivity index (χ1n) is 5.56. The van der Waals surface area contributed by atoms with Gasteiger partial charge in [-0.05, 0) is 31.2 Å². The summed E-state index contributed by atoms with van der Waals surface area (Å²) in [7, 11) is 0. The number of rotatable bonds is 4. The highest BCUT2D eigenvalue weighted by molar-refractivity contribution is 4.80. The van der Waals surface area contributed by atoms with Crippen LogP contribution in [0.25, 0.3) is 0 Å². The number of hydrogen-bond donors (Lipinski definition) is 1. The van der Waals surface area contributed by atoms with Crippen molar-refractivity contribution in [3.8, 4) is 0 Å². The normalized spacial score (nSPS) is 26.3. The predicted molar refractivity (Wildman–Crippen MR) is 55.8 cm³/mol. The van der Waals surface area contributed by atoms with E-state index in [0.717, 1.165) is 25.7 Å². The van der Waals surface area contributed by atoms with E-state index in [4.69, 9.17) is 4.74 Å². The van der Waals surface area contributed by atoms with E-state index in [9.17, 15) is 0 Å². The maximum atomic E-state index is 5.52. The Balaban J connectivity index is 2.41. The summed E-state index contributed by atoms with van der Waals surface area (Å²) in [4.78, 5) is 0. The minimum atomic E-state index is 0.644. The highest BCUT2D eigenvalue weighted by Crippen LogP contribution is 2.21. The van der Waals surface area contributed by atoms with Crippen molar-refractivity contribution in [3.63, 3.8) is 0 Å². The number of hydrogen-bond acceptors (Lipinski definition) is 2. The molecule has 0 radical (unpaired) electrons. The molecule has 0 amide bonds. The van der Waals surface area contributed by atoms with Crippen LogP contribution in [0.2, 0.25) is 0 Å². The monoisotopic (exact) mass is 185 g/mol. The molecular weight excluding hydrogens is 162 g/mol. The average molecular weight is 185 g/mol. The van der Waals surface area contributed by atoms with Crippen LogP contribution in [0.3, 0.4) is 0 Å². The van der Waals surface area contributed by atoms with Crippen LogP contribution in [-0.4, -0.2) is 25.8 Å². The highest BCUT2D eigenvalue weighted by Gasteiger charge is 2.25. The summed E-state index contributed by atoms with van der Waals surface area (Å²) in [5, 5.41) is 3.57. The maximum absolute atomic E-state index is 5.52. The van der Waals surface area contributed by atoms with Gasteiger partial charge in [-0.2, -0.15) is 0 Å². The van der Waals surface area contributed by atoms with Gasteiger partial charge in [0.25, 0.3) is 0 Å². The molecule has 2 heteroatoms. The van der Waals surface area contributed by atoms with Crippen LogP contribution in [0.15, 0.2) is 0 Å². The van der Waals surface area contributed by atoms with E-state index in [-0.39, 0.29) is 0 Å². The van der Waals surface area contributed by atoms with Crippen LogP contribution in [0.1, 0.15) is 33.6 Å². The quantitative estimate of drug-likeness (QED) is 0.723. The molecule has 0 spiro atoms. The Morgan fingerprint density at radius 2 is 2.23 bits per heavy atom. The van der Waals surface area contributed by atoms with Gasteiger partial charge in [-0.1, -0.05) is 20.8 Å². The third-order valence-corrected chi connectivity index (χ3v) is 2.86. The van der Waals surface area contributed by atoms with Gasteiger partial charge < -0.3 is 10.1 Å². The van der Waals surface area contributed by atoms with Crippen LogP contribution in [0, 0.1) is 11.8 Å². The minimum Gasteiger partial charge on any atom is -0.381 e. The third kappa shape index (κ3) is 3.28. The first kappa shape index (κ1) is 11.0. The summed E-state index contributed by atoms with van der Waals surface area (Å²) in [5.74, 6) is 1.44. The molecule has 13 heavy (non-hydrogen) atoms. The van der Waals surface area contributed by atoms with Crippen molar-refractivity contribution in [2.45, 2.75) is 39.7 Å². The predicted octanol–water partition coefficient (Wildman–Crippen LogP) is 2.05. The van der Waals surface area contributed by atoms with Crippen LogP contribution in [0.4, 0.5) is 0 Å². The standard InChI is InChI=1S/C11H23NO/c1-4-12-11(9(2)3)10-6-5-7-13-8-10/h9-12H,4-8H2,1-3H3. The van der Waals surface area contributed by atoms with E-state index >= 15 is 0 Å². The first-order chi connectivity index (χ1) is 6.25. The molecular formula is C11H23NO. The SMILES string of the molecule is CCNC(C(C)C)C1CCCOC1. The van der Waals surface area contributed by atoms with E-state index in [1.807, 2.05) is 0 Å². The summed E-state index contributed by atoms with van der Waals surface area (Å²) in [5.41, 5.74) is 0. The lowest BCUT2D eigenvalue weighted by Crippen LogP contribution is -2.43. The third-order valence-electron chi connectivity index (χ3n) is 2.86. The van der Waals surface area contributed by atoms with Crippen molar-refractivity contribution in [2.75, 3.05) is 19.8 Å². The van der Waals surface area contributed by atoms with Crippen molar-refractivity contribution < 1.29 is 4.74 Å². The van der Waals surface area contributed by atoms with Gasteiger partial charge in [0.1, 0.15) is 0 Å². The zero-order valence-corrected chi connectivity index (χ0v) is 9.18. The van der Waals surface area contributed by atoms with Crippen LogP contribution in [0.5, 0.6) is 0 Å². The Hall–Kier alpha value is -0.0800. The zero-order chi connectivity index (χ0) is 9.68. The fourth-order valence-corrected chi connectivity index (χ4v) is 2.23. The van der Waals surface area contributed by atoms with Gasteiger partial charge >= 0.3 is 0 Å². The second kappa shape index (κ2) is 5.61. The topological polar surface area (TPSA) is 21.3 Å². The Kier molecular flexibility index (Phi) is 4.74. The van der Waals surface area contributed by atoms with Crippen molar-refractivity contribution in [1.82, 2.24) is 5.32 Å². The molecule has 2 atom stereocenters. The molecule has 0 bridgehead atoms. The van der Waals surface area contributed by atoms with E-state index < -0.39 is 0 Å². The molecule has 0 aliphatic carbocycles. The molecule has 78 valence electrons. The van der Waals surface area contributed by atoms with E-state index in [0.29, 0.717) is 12.0 Å². The first-order valence-corrected chi connectivity index (χ1v) is 5.56. The highest BCUT2D eigenvalue weighted by atomic mass is 16.5. The Bertz CT molecular complexity index is 130. The molecule has 1 aliphatic heterocycles. The Morgan fingerprint density at radius 3 is 2.69 bits per heavy atom. The van der Waals surface area contributed by atoms with Gasteiger partial charge in [-0.3, -0.25) is 0 Å². The maximum Gasteiger partial charge on any atom is 0.0509 e. The molecule has 0 aromatic heterocycles. The molecule has 0 aromatic carbocycles. The van der Waals surface area contributed by atoms with Gasteiger partial charge in [0.05, 0.1) is 6.61 Å². The lowest BCUT2D eigenvalue weighted by atomic mass is 9.86. The second-order valence-corrected chi connectivity index (χ2v) is 4.30. The largest absolute Gasteiger partial charge is 0.381 e. The van der Waals surface area contributed by atoms with Crippen molar-refractivity contribution in [2.24, 2.45) is 11.8 Å². The molecule has 1 heterocycles. The van der Waals surface area contributed by atoms with Gasteiger partial charge in [0, 0.05) is 12.6 Å². The molecule has 1 N–H and O–H groups in total. The molecule has 2 unspecified atom stereocenters.